The number of nitrogens with one attached hydrogen (secondary N) is 2. The van der Waals surface area contributed by atoms with Crippen LogP contribution in [0.25, 0.3) is 17.3 Å². The van der Waals surface area contributed by atoms with E-state index in [4.69, 9.17) is 5.73 Å². The SMILES string of the molecule is Nc1ccc(CNCC2CCN(c3nccc(C=C4SC(=O)NC4=O)n3)CC2)c(-c2ccccc2OC(F)(F)F)n1. The maximum atomic E-state index is 13.0. The molecule has 2 amide bonds. The minimum atomic E-state index is -4.83. The maximum absolute atomic E-state index is 13.0. The summed E-state index contributed by atoms with van der Waals surface area (Å²) in [6.45, 7) is 2.55. The zero-order valence-electron chi connectivity index (χ0n) is 21.6. The monoisotopic (exact) mass is 585 g/mol. The summed E-state index contributed by atoms with van der Waals surface area (Å²) in [5.41, 5.74) is 7.65. The fourth-order valence-corrected chi connectivity index (χ4v) is 5.32. The Bertz CT molecular complexity index is 1480. The summed E-state index contributed by atoms with van der Waals surface area (Å²) in [6.07, 6.45) is 0.116. The van der Waals surface area contributed by atoms with Gasteiger partial charge < -0.3 is 20.7 Å². The average molecular weight is 586 g/mol. The summed E-state index contributed by atoms with van der Waals surface area (Å²) < 4.78 is 43.1. The Labute approximate surface area is 237 Å². The van der Waals surface area contributed by atoms with E-state index in [1.165, 1.54) is 18.2 Å². The molecule has 4 N–H and O–H groups in total. The van der Waals surface area contributed by atoms with Gasteiger partial charge in [0.25, 0.3) is 11.1 Å². The first-order valence-electron chi connectivity index (χ1n) is 12.8. The van der Waals surface area contributed by atoms with Crippen LogP contribution in [0.5, 0.6) is 5.75 Å². The topological polar surface area (TPSA) is 135 Å². The second-order valence-electron chi connectivity index (χ2n) is 9.48. The van der Waals surface area contributed by atoms with E-state index in [-0.39, 0.29) is 17.1 Å². The number of aromatic nitrogens is 3. The number of anilines is 2. The molecule has 4 heterocycles. The molecule has 14 heteroatoms. The zero-order chi connectivity index (χ0) is 29.0. The van der Waals surface area contributed by atoms with Crippen molar-refractivity contribution >= 4 is 40.8 Å². The Balaban J connectivity index is 1.18. The molecule has 0 saturated carbocycles. The number of imide groups is 1. The second kappa shape index (κ2) is 12.1. The third kappa shape index (κ3) is 7.32. The summed E-state index contributed by atoms with van der Waals surface area (Å²) in [4.78, 5) is 38.8. The van der Waals surface area contributed by atoms with Crippen molar-refractivity contribution in [1.29, 1.82) is 0 Å². The maximum Gasteiger partial charge on any atom is 0.573 e. The number of carbonyl (C=O) groups excluding carboxylic acids is 2. The number of thioether (sulfide) groups is 1. The van der Waals surface area contributed by atoms with Gasteiger partial charge in [-0.2, -0.15) is 0 Å². The van der Waals surface area contributed by atoms with Crippen LogP contribution < -0.4 is 26.0 Å². The summed E-state index contributed by atoms with van der Waals surface area (Å²) in [6, 6.07) is 10.9. The van der Waals surface area contributed by atoms with Crippen LogP contribution in [0.2, 0.25) is 0 Å². The summed E-state index contributed by atoms with van der Waals surface area (Å²) >= 11 is 0.838. The number of hydrogen-bond donors (Lipinski definition) is 3. The Morgan fingerprint density at radius 1 is 1.12 bits per heavy atom. The number of carbonyl (C=O) groups is 2. The molecule has 0 atom stereocenters. The molecule has 0 unspecified atom stereocenters. The first-order valence-corrected chi connectivity index (χ1v) is 13.6. The van der Waals surface area contributed by atoms with Crippen LogP contribution in [0.3, 0.4) is 0 Å². The zero-order valence-corrected chi connectivity index (χ0v) is 22.5. The molecule has 0 bridgehead atoms. The first kappa shape index (κ1) is 28.4. The first-order chi connectivity index (χ1) is 19.6. The van der Waals surface area contributed by atoms with Gasteiger partial charge in [-0.25, -0.2) is 15.0 Å². The molecule has 1 aromatic carbocycles. The van der Waals surface area contributed by atoms with Crippen LogP contribution >= 0.6 is 11.8 Å². The van der Waals surface area contributed by atoms with Crippen LogP contribution in [0.4, 0.5) is 29.7 Å². The number of para-hydroxylation sites is 1. The van der Waals surface area contributed by atoms with Crippen LogP contribution in [-0.2, 0) is 11.3 Å². The van der Waals surface area contributed by atoms with Gasteiger partial charge in [-0.3, -0.25) is 14.9 Å². The molecule has 2 aliphatic heterocycles. The fourth-order valence-electron chi connectivity index (χ4n) is 4.65. The number of amides is 2. The molecule has 0 radical (unpaired) electrons. The minimum Gasteiger partial charge on any atom is -0.405 e. The number of nitrogen functional groups attached to an aromatic ring is 1. The lowest BCUT2D eigenvalue weighted by Gasteiger charge is -2.32. The molecule has 0 spiro atoms. The van der Waals surface area contributed by atoms with Crippen molar-refractivity contribution in [2.24, 2.45) is 5.92 Å². The number of benzene rings is 1. The summed E-state index contributed by atoms with van der Waals surface area (Å²) in [5, 5.41) is 5.23. The van der Waals surface area contributed by atoms with Gasteiger partial charge in [0, 0.05) is 31.4 Å². The summed E-state index contributed by atoms with van der Waals surface area (Å²) in [5.74, 6) is 0.339. The van der Waals surface area contributed by atoms with Crippen molar-refractivity contribution in [3.8, 4) is 17.0 Å². The number of hydrogen-bond acceptors (Lipinski definition) is 10. The molecule has 10 nitrogen and oxygen atoms in total. The van der Waals surface area contributed by atoms with Gasteiger partial charge >= 0.3 is 6.36 Å². The predicted molar refractivity (Wildman–Crippen MR) is 149 cm³/mol. The number of nitrogens with two attached hydrogens (primary N) is 1. The molecule has 0 aliphatic carbocycles. The predicted octanol–water partition coefficient (Wildman–Crippen LogP) is 4.35. The number of ether oxygens (including phenoxy) is 1. The molecule has 2 saturated heterocycles. The van der Waals surface area contributed by atoms with Crippen LogP contribution in [0, 0.1) is 5.92 Å². The summed E-state index contributed by atoms with van der Waals surface area (Å²) in [7, 11) is 0. The number of pyridine rings is 1. The van der Waals surface area contributed by atoms with E-state index in [9.17, 15) is 22.8 Å². The van der Waals surface area contributed by atoms with E-state index in [1.54, 1.807) is 36.5 Å². The number of rotatable bonds is 8. The Hall–Kier alpha value is -4.17. The number of halogens is 3. The highest BCUT2D eigenvalue weighted by Gasteiger charge is 2.32. The Kier molecular flexibility index (Phi) is 8.40. The van der Waals surface area contributed by atoms with E-state index in [1.807, 2.05) is 0 Å². The highest BCUT2D eigenvalue weighted by atomic mass is 32.2. The van der Waals surface area contributed by atoms with Gasteiger partial charge in [-0.15, -0.1) is 13.2 Å². The molecular weight excluding hydrogens is 559 g/mol. The van der Waals surface area contributed by atoms with Crippen LogP contribution in [0.15, 0.2) is 53.6 Å². The van der Waals surface area contributed by atoms with Crippen molar-refractivity contribution in [3.05, 3.63) is 64.8 Å². The van der Waals surface area contributed by atoms with Crippen molar-refractivity contribution in [1.82, 2.24) is 25.6 Å². The van der Waals surface area contributed by atoms with Gasteiger partial charge in [-0.05, 0) is 73.0 Å². The van der Waals surface area contributed by atoms with Crippen molar-refractivity contribution in [2.75, 3.05) is 30.3 Å². The van der Waals surface area contributed by atoms with Crippen molar-refractivity contribution in [3.63, 3.8) is 0 Å². The quantitative estimate of drug-likeness (QED) is 0.328. The second-order valence-corrected chi connectivity index (χ2v) is 10.5. The van der Waals surface area contributed by atoms with E-state index in [0.717, 1.165) is 37.7 Å². The molecular formula is C27H26F3N7O3S. The van der Waals surface area contributed by atoms with Gasteiger partial charge in [0.05, 0.1) is 16.3 Å². The van der Waals surface area contributed by atoms with Gasteiger partial charge in [0.2, 0.25) is 5.95 Å². The smallest absolute Gasteiger partial charge is 0.405 e. The molecule has 41 heavy (non-hydrogen) atoms. The van der Waals surface area contributed by atoms with Gasteiger partial charge in [0.15, 0.2) is 0 Å². The Morgan fingerprint density at radius 3 is 2.63 bits per heavy atom. The average Bonchev–Trinajstić information content (AvgIpc) is 3.25. The highest BCUT2D eigenvalue weighted by molar-refractivity contribution is 8.18. The largest absolute Gasteiger partial charge is 0.573 e. The molecule has 3 aromatic rings. The van der Waals surface area contributed by atoms with Crippen LogP contribution in [-0.4, -0.2) is 52.1 Å². The lowest BCUT2D eigenvalue weighted by atomic mass is 9.96. The van der Waals surface area contributed by atoms with Crippen molar-refractivity contribution < 1.29 is 27.5 Å². The van der Waals surface area contributed by atoms with Crippen molar-refractivity contribution in [2.45, 2.75) is 25.7 Å². The van der Waals surface area contributed by atoms with E-state index >= 15 is 0 Å². The number of piperidine rings is 1. The normalized spacial score (nSPS) is 17.2. The minimum absolute atomic E-state index is 0.194. The third-order valence-electron chi connectivity index (χ3n) is 6.60. The van der Waals surface area contributed by atoms with E-state index < -0.39 is 17.5 Å². The standard InChI is InChI=1S/C27H26F3N7O3S/c28-27(29,30)40-20-4-2-1-3-19(20)23-17(5-6-22(31)35-23)15-32-14-16-8-11-37(12-9-16)25-33-10-7-18(34-25)13-21-24(38)36-26(39)41-21/h1-7,10,13,16,32H,8-9,11-12,14-15H2,(H2,31,35)(H,36,38,39). The molecule has 2 fully saturated rings. The third-order valence-corrected chi connectivity index (χ3v) is 7.41. The molecule has 2 aromatic heterocycles. The molecule has 2 aliphatic rings. The lowest BCUT2D eigenvalue weighted by molar-refractivity contribution is -0.274. The molecule has 5 rings (SSSR count). The Morgan fingerprint density at radius 2 is 1.90 bits per heavy atom. The van der Waals surface area contributed by atoms with E-state index in [0.29, 0.717) is 46.8 Å². The van der Waals surface area contributed by atoms with Crippen LogP contribution in [0.1, 0.15) is 24.1 Å². The number of nitrogens with zero attached hydrogens (tertiary/aromatic N) is 4. The van der Waals surface area contributed by atoms with Gasteiger partial charge in [0.1, 0.15) is 11.6 Å². The number of alkyl halides is 3. The van der Waals surface area contributed by atoms with Gasteiger partial charge in [-0.1, -0.05) is 18.2 Å². The lowest BCUT2D eigenvalue weighted by Crippen LogP contribution is -2.38. The highest BCUT2D eigenvalue weighted by Crippen LogP contribution is 2.35. The van der Waals surface area contributed by atoms with E-state index in [2.05, 4.69) is 35.2 Å². The molecule has 214 valence electrons. The fraction of sp³-hybridized carbons (Fsp3) is 0.296.